The number of ketones is 1. The van der Waals surface area contributed by atoms with Gasteiger partial charge in [-0.1, -0.05) is 18.2 Å². The number of fused-ring (bicyclic) bond motifs is 1. The predicted octanol–water partition coefficient (Wildman–Crippen LogP) is 3.87. The number of aromatic nitrogens is 2. The lowest BCUT2D eigenvalue weighted by molar-refractivity contribution is 0.102. The third-order valence-corrected chi connectivity index (χ3v) is 4.09. The molecule has 0 N–H and O–H groups in total. The maximum Gasteiger partial charge on any atom is 0.169 e. The molecule has 0 saturated heterocycles. The quantitative estimate of drug-likeness (QED) is 0.663. The van der Waals surface area contributed by atoms with Crippen molar-refractivity contribution in [1.82, 2.24) is 9.97 Å². The third kappa shape index (κ3) is 2.15. The number of hydrogen-bond donors (Lipinski definition) is 0. The van der Waals surface area contributed by atoms with Crippen LogP contribution in [0.15, 0.2) is 36.4 Å². The highest BCUT2D eigenvalue weighted by Gasteiger charge is 2.11. The van der Waals surface area contributed by atoms with Gasteiger partial charge in [0.2, 0.25) is 0 Å². The van der Waals surface area contributed by atoms with E-state index >= 15 is 0 Å². The van der Waals surface area contributed by atoms with Crippen LogP contribution < -0.4 is 0 Å². The van der Waals surface area contributed by atoms with Crippen LogP contribution in [0, 0.1) is 6.92 Å². The Kier molecular flexibility index (Phi) is 2.87. The first kappa shape index (κ1) is 12.0. The lowest BCUT2D eigenvalue weighted by Crippen LogP contribution is -1.92. The maximum absolute atomic E-state index is 11.4. The number of thiophene rings is 1. The summed E-state index contributed by atoms with van der Waals surface area (Å²) in [6.45, 7) is 3.47. The molecule has 3 aromatic rings. The number of carbonyl (C=O) groups excluding carboxylic acids is 1. The number of para-hydroxylation sites is 1. The first-order valence-electron chi connectivity index (χ1n) is 5.99. The smallest absolute Gasteiger partial charge is 0.169 e. The summed E-state index contributed by atoms with van der Waals surface area (Å²) >= 11 is 1.48. The Labute approximate surface area is 115 Å². The lowest BCUT2D eigenvalue weighted by Gasteiger charge is -2.04. The van der Waals surface area contributed by atoms with E-state index in [0.29, 0.717) is 0 Å². The predicted molar refractivity (Wildman–Crippen MR) is 77.6 cm³/mol. The van der Waals surface area contributed by atoms with Gasteiger partial charge in [0, 0.05) is 5.39 Å². The molecule has 0 aliphatic rings. The van der Waals surface area contributed by atoms with Crippen molar-refractivity contribution in [2.75, 3.05) is 0 Å². The molecule has 0 spiro atoms. The topological polar surface area (TPSA) is 42.9 Å². The molecule has 0 fully saturated rings. The van der Waals surface area contributed by atoms with E-state index in [9.17, 15) is 4.79 Å². The fourth-order valence-corrected chi connectivity index (χ4v) is 2.94. The molecule has 0 aliphatic heterocycles. The Bertz CT molecular complexity index is 777. The molecule has 0 atom stereocenters. The molecule has 4 heteroatoms. The highest BCUT2D eigenvalue weighted by molar-refractivity contribution is 7.17. The molecule has 3 nitrogen and oxygen atoms in total. The zero-order chi connectivity index (χ0) is 13.4. The van der Waals surface area contributed by atoms with Gasteiger partial charge >= 0.3 is 0 Å². The van der Waals surface area contributed by atoms with Crippen molar-refractivity contribution >= 4 is 28.0 Å². The minimum Gasteiger partial charge on any atom is -0.294 e. The van der Waals surface area contributed by atoms with Crippen LogP contribution in [0.4, 0.5) is 0 Å². The van der Waals surface area contributed by atoms with E-state index in [1.54, 1.807) is 6.92 Å². The fourth-order valence-electron chi connectivity index (χ4n) is 2.03. The number of hydrogen-bond acceptors (Lipinski definition) is 4. The van der Waals surface area contributed by atoms with Gasteiger partial charge in [0.1, 0.15) is 5.82 Å². The summed E-state index contributed by atoms with van der Waals surface area (Å²) in [5.74, 6) is 0.831. The average molecular weight is 268 g/mol. The maximum atomic E-state index is 11.4. The van der Waals surface area contributed by atoms with E-state index in [-0.39, 0.29) is 5.78 Å². The van der Waals surface area contributed by atoms with Crippen LogP contribution in [0.1, 0.15) is 22.4 Å². The van der Waals surface area contributed by atoms with E-state index in [4.69, 9.17) is 0 Å². The number of Topliss-reactive ketones (excluding diaryl/α,β-unsaturated/α-hetero) is 1. The first-order chi connectivity index (χ1) is 9.15. The molecule has 0 bridgehead atoms. The zero-order valence-corrected chi connectivity index (χ0v) is 11.5. The molecule has 19 heavy (non-hydrogen) atoms. The normalized spacial score (nSPS) is 10.8. The highest BCUT2D eigenvalue weighted by atomic mass is 32.1. The molecule has 2 aromatic heterocycles. The monoisotopic (exact) mass is 268 g/mol. The van der Waals surface area contributed by atoms with E-state index in [2.05, 4.69) is 9.97 Å². The van der Waals surface area contributed by atoms with E-state index < -0.39 is 0 Å². The molecule has 94 valence electrons. The fraction of sp³-hybridized carbons (Fsp3) is 0.133. The van der Waals surface area contributed by atoms with Gasteiger partial charge in [0.05, 0.1) is 21.0 Å². The van der Waals surface area contributed by atoms with Crippen LogP contribution in [-0.4, -0.2) is 15.8 Å². The summed E-state index contributed by atoms with van der Waals surface area (Å²) in [5, 5.41) is 1.02. The second-order valence-electron chi connectivity index (χ2n) is 4.36. The largest absolute Gasteiger partial charge is 0.294 e. The summed E-state index contributed by atoms with van der Waals surface area (Å²) in [4.78, 5) is 22.1. The molecule has 3 rings (SSSR count). The second-order valence-corrected chi connectivity index (χ2v) is 5.44. The minimum absolute atomic E-state index is 0.0892. The van der Waals surface area contributed by atoms with E-state index in [1.165, 1.54) is 11.3 Å². The zero-order valence-electron chi connectivity index (χ0n) is 10.7. The molecule has 0 aliphatic carbocycles. The lowest BCUT2D eigenvalue weighted by atomic mass is 10.1. The number of nitrogens with zero attached hydrogens (tertiary/aromatic N) is 2. The van der Waals surface area contributed by atoms with Crippen LogP contribution in [0.5, 0.6) is 0 Å². The summed E-state index contributed by atoms with van der Waals surface area (Å²) < 4.78 is 0. The molecule has 0 radical (unpaired) electrons. The Morgan fingerprint density at radius 3 is 2.63 bits per heavy atom. The van der Waals surface area contributed by atoms with Crippen molar-refractivity contribution in [3.05, 3.63) is 47.1 Å². The summed E-state index contributed by atoms with van der Waals surface area (Å²) in [7, 11) is 0. The van der Waals surface area contributed by atoms with Crippen molar-refractivity contribution < 1.29 is 4.79 Å². The third-order valence-electron chi connectivity index (χ3n) is 2.90. The Morgan fingerprint density at radius 1 is 1.11 bits per heavy atom. The van der Waals surface area contributed by atoms with Crippen molar-refractivity contribution in [3.63, 3.8) is 0 Å². The molecular formula is C15H12N2OS. The van der Waals surface area contributed by atoms with Crippen LogP contribution in [0.2, 0.25) is 0 Å². The van der Waals surface area contributed by atoms with Gasteiger partial charge in [-0.2, -0.15) is 0 Å². The molecule has 0 unspecified atom stereocenters. The van der Waals surface area contributed by atoms with Gasteiger partial charge in [-0.25, -0.2) is 9.97 Å². The van der Waals surface area contributed by atoms with Crippen LogP contribution in [0.3, 0.4) is 0 Å². The van der Waals surface area contributed by atoms with Gasteiger partial charge in [-0.15, -0.1) is 11.3 Å². The Balaban J connectivity index is 2.26. The van der Waals surface area contributed by atoms with Crippen molar-refractivity contribution in [1.29, 1.82) is 0 Å². The minimum atomic E-state index is 0.0892. The molecular weight excluding hydrogens is 256 g/mol. The van der Waals surface area contributed by atoms with Gasteiger partial charge in [-0.05, 0) is 32.0 Å². The van der Waals surface area contributed by atoms with Gasteiger partial charge in [0.15, 0.2) is 5.78 Å². The van der Waals surface area contributed by atoms with Crippen molar-refractivity contribution in [3.8, 4) is 10.6 Å². The first-order valence-corrected chi connectivity index (χ1v) is 6.81. The van der Waals surface area contributed by atoms with E-state index in [1.807, 2.05) is 43.3 Å². The van der Waals surface area contributed by atoms with Crippen LogP contribution >= 0.6 is 11.3 Å². The second kappa shape index (κ2) is 4.55. The van der Waals surface area contributed by atoms with Crippen molar-refractivity contribution in [2.45, 2.75) is 13.8 Å². The summed E-state index contributed by atoms with van der Waals surface area (Å²) in [6, 6.07) is 11.7. The number of carbonyl (C=O) groups is 1. The Hall–Kier alpha value is -2.07. The van der Waals surface area contributed by atoms with Gasteiger partial charge < -0.3 is 0 Å². The molecule has 0 saturated carbocycles. The molecule has 2 heterocycles. The number of aryl methyl sites for hydroxylation is 1. The summed E-state index contributed by atoms with van der Waals surface area (Å²) in [5.41, 5.74) is 1.84. The van der Waals surface area contributed by atoms with Gasteiger partial charge in [-0.3, -0.25) is 4.79 Å². The number of rotatable bonds is 2. The van der Waals surface area contributed by atoms with Crippen molar-refractivity contribution in [2.24, 2.45) is 0 Å². The van der Waals surface area contributed by atoms with Crippen LogP contribution in [-0.2, 0) is 0 Å². The number of benzene rings is 1. The van der Waals surface area contributed by atoms with Crippen LogP contribution in [0.25, 0.3) is 21.5 Å². The van der Waals surface area contributed by atoms with E-state index in [0.717, 1.165) is 32.2 Å². The average Bonchev–Trinajstić information content (AvgIpc) is 2.87. The standard InChI is InChI=1S/C15H12N2OS/c1-9(18)13-7-8-14(19-13)15-11-5-3-4-6-12(11)16-10(2)17-15/h3-8H,1-2H3. The Morgan fingerprint density at radius 2 is 1.89 bits per heavy atom. The van der Waals surface area contributed by atoms with Gasteiger partial charge in [0.25, 0.3) is 0 Å². The highest BCUT2D eigenvalue weighted by Crippen LogP contribution is 2.31. The SMILES string of the molecule is CC(=O)c1ccc(-c2nc(C)nc3ccccc23)s1. The molecule has 1 aromatic carbocycles. The summed E-state index contributed by atoms with van der Waals surface area (Å²) in [6.07, 6.45) is 0. The molecule has 0 amide bonds.